The molecule has 9 nitrogen and oxygen atoms in total. The highest BCUT2D eigenvalue weighted by atomic mass is 16.5. The quantitative estimate of drug-likeness (QED) is 0.545. The third-order valence-corrected chi connectivity index (χ3v) is 5.28. The number of piperazine rings is 1. The normalized spacial score (nSPS) is 15.6. The number of Topliss-reactive ketones (excluding diaryl/α,β-unsaturated/α-hetero) is 1. The zero-order chi connectivity index (χ0) is 21.6. The van der Waals surface area contributed by atoms with Crippen molar-refractivity contribution in [1.82, 2.24) is 25.1 Å². The molecule has 1 atom stereocenters. The molecule has 2 aromatic carbocycles. The van der Waals surface area contributed by atoms with E-state index in [0.717, 1.165) is 37.8 Å². The molecule has 1 aliphatic heterocycles. The van der Waals surface area contributed by atoms with E-state index in [0.29, 0.717) is 17.9 Å². The van der Waals surface area contributed by atoms with Gasteiger partial charge in [0.05, 0.1) is 5.69 Å². The molecule has 1 N–H and O–H groups in total. The van der Waals surface area contributed by atoms with Gasteiger partial charge in [-0.25, -0.2) is 0 Å². The number of ketones is 1. The maximum Gasteiger partial charge on any atom is 0.250 e. The van der Waals surface area contributed by atoms with Gasteiger partial charge in [-0.15, -0.1) is 0 Å². The summed E-state index contributed by atoms with van der Waals surface area (Å²) in [5, 5.41) is 22.5. The predicted octanol–water partition coefficient (Wildman–Crippen LogP) is 1.43. The SMILES string of the molecule is CC(=O)c1ccc(OCC(O)CN2CCN(c3nnnn3-c3ccccc3)CC2)cc1. The molecule has 1 fully saturated rings. The van der Waals surface area contributed by atoms with E-state index in [4.69, 9.17) is 4.74 Å². The standard InChI is InChI=1S/C22H26N6O3/c1-17(29)18-7-9-21(10-8-18)31-16-20(30)15-26-11-13-27(14-12-26)22-23-24-25-28(22)19-5-3-2-4-6-19/h2-10,20,30H,11-16H2,1H3. The number of aliphatic hydroxyl groups is 1. The van der Waals surface area contributed by atoms with Crippen molar-refractivity contribution in [3.8, 4) is 11.4 Å². The van der Waals surface area contributed by atoms with E-state index in [1.807, 2.05) is 30.3 Å². The molecule has 0 spiro atoms. The van der Waals surface area contributed by atoms with Crippen LogP contribution in [-0.2, 0) is 0 Å². The Morgan fingerprint density at radius 2 is 1.77 bits per heavy atom. The minimum Gasteiger partial charge on any atom is -0.491 e. The predicted molar refractivity (Wildman–Crippen MR) is 116 cm³/mol. The number of rotatable bonds is 8. The van der Waals surface area contributed by atoms with Crippen LogP contribution in [0.2, 0.25) is 0 Å². The number of carbonyl (C=O) groups is 1. The molecule has 4 rings (SSSR count). The van der Waals surface area contributed by atoms with Gasteiger partial charge in [-0.3, -0.25) is 9.69 Å². The first-order valence-electron chi connectivity index (χ1n) is 10.3. The molecule has 0 radical (unpaired) electrons. The lowest BCUT2D eigenvalue weighted by Gasteiger charge is -2.35. The first-order chi connectivity index (χ1) is 15.1. The maximum absolute atomic E-state index is 11.3. The largest absolute Gasteiger partial charge is 0.491 e. The third-order valence-electron chi connectivity index (χ3n) is 5.28. The molecule has 1 aromatic heterocycles. The number of para-hydroxylation sites is 1. The van der Waals surface area contributed by atoms with Crippen LogP contribution < -0.4 is 9.64 Å². The maximum atomic E-state index is 11.3. The van der Waals surface area contributed by atoms with Crippen molar-refractivity contribution in [3.63, 3.8) is 0 Å². The Morgan fingerprint density at radius 1 is 1.06 bits per heavy atom. The summed E-state index contributed by atoms with van der Waals surface area (Å²) >= 11 is 0. The molecule has 3 aromatic rings. The van der Waals surface area contributed by atoms with Gasteiger partial charge in [0, 0.05) is 38.3 Å². The fraction of sp³-hybridized carbons (Fsp3) is 0.364. The molecular weight excluding hydrogens is 396 g/mol. The molecule has 9 heteroatoms. The molecule has 0 aliphatic carbocycles. The van der Waals surface area contributed by atoms with Crippen molar-refractivity contribution in [2.45, 2.75) is 13.0 Å². The molecule has 162 valence electrons. The summed E-state index contributed by atoms with van der Waals surface area (Å²) in [5.41, 5.74) is 1.57. The second-order valence-electron chi connectivity index (χ2n) is 7.56. The van der Waals surface area contributed by atoms with Crippen molar-refractivity contribution in [3.05, 3.63) is 60.2 Å². The van der Waals surface area contributed by atoms with Gasteiger partial charge in [-0.2, -0.15) is 4.68 Å². The number of carbonyl (C=O) groups excluding carboxylic acids is 1. The van der Waals surface area contributed by atoms with Gasteiger partial charge in [0.1, 0.15) is 18.5 Å². The Balaban J connectivity index is 1.25. The zero-order valence-electron chi connectivity index (χ0n) is 17.5. The first kappa shape index (κ1) is 21.0. The van der Waals surface area contributed by atoms with Gasteiger partial charge in [0.2, 0.25) is 5.95 Å². The van der Waals surface area contributed by atoms with Crippen molar-refractivity contribution < 1.29 is 14.6 Å². The summed E-state index contributed by atoms with van der Waals surface area (Å²) < 4.78 is 7.41. The molecule has 1 unspecified atom stereocenters. The molecule has 2 heterocycles. The molecule has 0 saturated carbocycles. The van der Waals surface area contributed by atoms with Gasteiger partial charge in [0.15, 0.2) is 5.78 Å². The number of nitrogens with zero attached hydrogens (tertiary/aromatic N) is 6. The summed E-state index contributed by atoms with van der Waals surface area (Å²) in [5.74, 6) is 1.38. The fourth-order valence-electron chi connectivity index (χ4n) is 3.58. The summed E-state index contributed by atoms with van der Waals surface area (Å²) in [4.78, 5) is 15.7. The van der Waals surface area contributed by atoms with Crippen LogP contribution in [0.25, 0.3) is 5.69 Å². The Kier molecular flexibility index (Phi) is 6.54. The highest BCUT2D eigenvalue weighted by molar-refractivity contribution is 5.94. The lowest BCUT2D eigenvalue weighted by atomic mass is 10.1. The topological polar surface area (TPSA) is 96.6 Å². The van der Waals surface area contributed by atoms with Crippen molar-refractivity contribution >= 4 is 11.7 Å². The van der Waals surface area contributed by atoms with E-state index in [-0.39, 0.29) is 12.4 Å². The molecule has 31 heavy (non-hydrogen) atoms. The number of tetrazole rings is 1. The zero-order valence-corrected chi connectivity index (χ0v) is 17.5. The Labute approximate surface area is 180 Å². The second-order valence-corrected chi connectivity index (χ2v) is 7.56. The second kappa shape index (κ2) is 9.67. The van der Waals surface area contributed by atoms with Gasteiger partial charge < -0.3 is 14.7 Å². The number of aromatic nitrogens is 4. The van der Waals surface area contributed by atoms with E-state index in [2.05, 4.69) is 25.3 Å². The average Bonchev–Trinajstić information content (AvgIpc) is 3.29. The van der Waals surface area contributed by atoms with E-state index in [9.17, 15) is 9.90 Å². The highest BCUT2D eigenvalue weighted by Gasteiger charge is 2.23. The van der Waals surface area contributed by atoms with Crippen molar-refractivity contribution in [2.24, 2.45) is 0 Å². The number of ether oxygens (including phenoxy) is 1. The smallest absolute Gasteiger partial charge is 0.250 e. The van der Waals surface area contributed by atoms with Crippen molar-refractivity contribution in [1.29, 1.82) is 0 Å². The summed E-state index contributed by atoms with van der Waals surface area (Å²) in [6.45, 7) is 5.40. The van der Waals surface area contributed by atoms with Crippen LogP contribution in [0.3, 0.4) is 0 Å². The van der Waals surface area contributed by atoms with Crippen molar-refractivity contribution in [2.75, 3.05) is 44.2 Å². The Morgan fingerprint density at radius 3 is 2.45 bits per heavy atom. The monoisotopic (exact) mass is 422 g/mol. The number of hydrogen-bond acceptors (Lipinski definition) is 8. The number of aliphatic hydroxyl groups excluding tert-OH is 1. The Bertz CT molecular complexity index is 984. The minimum atomic E-state index is -0.603. The van der Waals surface area contributed by atoms with E-state index >= 15 is 0 Å². The first-order valence-corrected chi connectivity index (χ1v) is 10.3. The van der Waals surface area contributed by atoms with Crippen LogP contribution in [0.1, 0.15) is 17.3 Å². The van der Waals surface area contributed by atoms with Gasteiger partial charge in [-0.1, -0.05) is 23.3 Å². The van der Waals surface area contributed by atoms with Crippen LogP contribution in [0, 0.1) is 0 Å². The number of β-amino-alcohol motifs (C(OH)–C–C–N with tert-alkyl or cyclic N) is 1. The van der Waals surface area contributed by atoms with E-state index in [1.54, 1.807) is 28.9 Å². The molecule has 0 amide bonds. The van der Waals surface area contributed by atoms with Crippen LogP contribution in [-0.4, -0.2) is 81.4 Å². The molecule has 1 saturated heterocycles. The highest BCUT2D eigenvalue weighted by Crippen LogP contribution is 2.17. The van der Waals surface area contributed by atoms with Crippen LogP contribution in [0.4, 0.5) is 5.95 Å². The van der Waals surface area contributed by atoms with Gasteiger partial charge in [0.25, 0.3) is 0 Å². The summed E-state index contributed by atoms with van der Waals surface area (Å²) in [6.07, 6.45) is -0.603. The summed E-state index contributed by atoms with van der Waals surface area (Å²) in [6, 6.07) is 16.8. The number of benzene rings is 2. The molecular formula is C22H26N6O3. The molecule has 0 bridgehead atoms. The number of hydrogen-bond donors (Lipinski definition) is 1. The fourth-order valence-corrected chi connectivity index (χ4v) is 3.58. The van der Waals surface area contributed by atoms with Crippen LogP contribution in [0.15, 0.2) is 54.6 Å². The van der Waals surface area contributed by atoms with Gasteiger partial charge >= 0.3 is 0 Å². The molecule has 1 aliphatic rings. The Hall–Kier alpha value is -3.30. The third kappa shape index (κ3) is 5.25. The van der Waals surface area contributed by atoms with Crippen LogP contribution in [0.5, 0.6) is 5.75 Å². The van der Waals surface area contributed by atoms with Gasteiger partial charge in [-0.05, 0) is 53.7 Å². The average molecular weight is 422 g/mol. The number of anilines is 1. The lowest BCUT2D eigenvalue weighted by Crippen LogP contribution is -2.50. The van der Waals surface area contributed by atoms with E-state index in [1.165, 1.54) is 6.92 Å². The van der Waals surface area contributed by atoms with Crippen LogP contribution >= 0.6 is 0 Å². The minimum absolute atomic E-state index is 0.0172. The summed E-state index contributed by atoms with van der Waals surface area (Å²) in [7, 11) is 0. The van der Waals surface area contributed by atoms with E-state index < -0.39 is 6.10 Å². The lowest BCUT2D eigenvalue weighted by molar-refractivity contribution is 0.0661.